The summed E-state index contributed by atoms with van der Waals surface area (Å²) < 4.78 is 7.66. The van der Waals surface area contributed by atoms with Gasteiger partial charge in [0, 0.05) is 40.8 Å². The fourth-order valence-corrected chi connectivity index (χ4v) is 3.36. The highest BCUT2D eigenvalue weighted by Crippen LogP contribution is 2.36. The van der Waals surface area contributed by atoms with Crippen LogP contribution in [0.2, 0.25) is 0 Å². The lowest BCUT2D eigenvalue weighted by molar-refractivity contribution is 0.289. The number of ether oxygens (including phenoxy) is 1. The maximum atomic E-state index is 12.5. The number of fused-ring (bicyclic) bond motifs is 1. The van der Waals surface area contributed by atoms with Crippen LogP contribution in [-0.2, 0) is 7.05 Å². The molecule has 2 heterocycles. The van der Waals surface area contributed by atoms with Crippen molar-refractivity contribution in [2.24, 2.45) is 13.0 Å². The van der Waals surface area contributed by atoms with E-state index in [0.29, 0.717) is 23.8 Å². The van der Waals surface area contributed by atoms with Gasteiger partial charge < -0.3 is 9.30 Å². The van der Waals surface area contributed by atoms with Gasteiger partial charge in [-0.15, -0.1) is 11.8 Å². The molecule has 128 valence electrons. The normalized spacial score (nSPS) is 14.0. The van der Waals surface area contributed by atoms with Crippen LogP contribution < -0.4 is 10.3 Å². The van der Waals surface area contributed by atoms with Gasteiger partial charge >= 0.3 is 0 Å². The molecule has 0 bridgehead atoms. The third-order valence-corrected chi connectivity index (χ3v) is 5.29. The van der Waals surface area contributed by atoms with Crippen LogP contribution in [0.1, 0.15) is 12.8 Å². The van der Waals surface area contributed by atoms with Gasteiger partial charge in [-0.25, -0.2) is 4.98 Å². The smallest absolute Gasteiger partial charge is 0.258 e. The van der Waals surface area contributed by atoms with Gasteiger partial charge in [0.05, 0.1) is 6.61 Å². The molecular weight excluding hydrogens is 332 g/mol. The minimum Gasteiger partial charge on any atom is -0.477 e. The van der Waals surface area contributed by atoms with E-state index in [0.717, 1.165) is 21.4 Å². The van der Waals surface area contributed by atoms with E-state index in [9.17, 15) is 4.79 Å². The molecule has 1 aliphatic rings. The number of hydrogen-bond donors (Lipinski definition) is 0. The molecule has 3 aromatic rings. The van der Waals surface area contributed by atoms with Crippen molar-refractivity contribution in [1.29, 1.82) is 0 Å². The second-order valence-corrected chi connectivity index (χ2v) is 7.37. The Morgan fingerprint density at radius 2 is 2.00 bits per heavy atom. The number of aromatic nitrogens is 2. The van der Waals surface area contributed by atoms with Crippen LogP contribution in [0.5, 0.6) is 5.88 Å². The summed E-state index contributed by atoms with van der Waals surface area (Å²) in [5, 5.41) is 1.65. The standard InChI is InChI=1S/C20H20N2O2S/c1-22-11-18(15-5-3-4-6-16(15)20(22)23)17-9-14(25-2)10-21-19(17)24-12-13-7-8-13/h3-6,9-11,13H,7-8,12H2,1-2H3. The van der Waals surface area contributed by atoms with Crippen molar-refractivity contribution in [2.75, 3.05) is 12.9 Å². The van der Waals surface area contributed by atoms with Crippen LogP contribution in [0.25, 0.3) is 21.9 Å². The van der Waals surface area contributed by atoms with Crippen molar-refractivity contribution >= 4 is 22.5 Å². The SMILES string of the molecule is CSc1cnc(OCC2CC2)c(-c2cn(C)c(=O)c3ccccc23)c1. The molecule has 25 heavy (non-hydrogen) atoms. The van der Waals surface area contributed by atoms with E-state index in [-0.39, 0.29) is 5.56 Å². The molecule has 0 radical (unpaired) electrons. The van der Waals surface area contributed by atoms with Crippen LogP contribution in [0.3, 0.4) is 0 Å². The number of aryl methyl sites for hydroxylation is 1. The van der Waals surface area contributed by atoms with Gasteiger partial charge in [-0.3, -0.25) is 4.79 Å². The Morgan fingerprint density at radius 1 is 1.24 bits per heavy atom. The highest BCUT2D eigenvalue weighted by molar-refractivity contribution is 7.98. The fourth-order valence-electron chi connectivity index (χ4n) is 2.96. The number of benzene rings is 1. The first-order chi connectivity index (χ1) is 12.2. The molecule has 0 unspecified atom stereocenters. The zero-order valence-electron chi connectivity index (χ0n) is 14.4. The summed E-state index contributed by atoms with van der Waals surface area (Å²) in [6.45, 7) is 0.711. The molecule has 0 N–H and O–H groups in total. The average Bonchev–Trinajstić information content (AvgIpc) is 3.47. The number of nitrogens with zero attached hydrogens (tertiary/aromatic N) is 2. The minimum absolute atomic E-state index is 0.00813. The summed E-state index contributed by atoms with van der Waals surface area (Å²) in [7, 11) is 1.79. The highest BCUT2D eigenvalue weighted by atomic mass is 32.2. The van der Waals surface area contributed by atoms with E-state index in [2.05, 4.69) is 11.1 Å². The van der Waals surface area contributed by atoms with Crippen molar-refractivity contribution < 1.29 is 4.74 Å². The summed E-state index contributed by atoms with van der Waals surface area (Å²) in [6, 6.07) is 9.82. The average molecular weight is 352 g/mol. The van der Waals surface area contributed by atoms with Crippen LogP contribution in [-0.4, -0.2) is 22.4 Å². The Bertz CT molecular complexity index is 993. The van der Waals surface area contributed by atoms with Gasteiger partial charge in [-0.2, -0.15) is 0 Å². The number of pyridine rings is 2. The van der Waals surface area contributed by atoms with Crippen molar-refractivity contribution in [2.45, 2.75) is 17.7 Å². The van der Waals surface area contributed by atoms with E-state index in [4.69, 9.17) is 4.74 Å². The molecule has 1 aliphatic carbocycles. The summed E-state index contributed by atoms with van der Waals surface area (Å²) in [5.41, 5.74) is 1.93. The molecule has 0 aliphatic heterocycles. The first-order valence-electron chi connectivity index (χ1n) is 8.43. The monoisotopic (exact) mass is 352 g/mol. The van der Waals surface area contributed by atoms with Gasteiger partial charge in [0.2, 0.25) is 5.88 Å². The van der Waals surface area contributed by atoms with E-state index < -0.39 is 0 Å². The lowest BCUT2D eigenvalue weighted by atomic mass is 10.0. The lowest BCUT2D eigenvalue weighted by Crippen LogP contribution is -2.16. The van der Waals surface area contributed by atoms with Gasteiger partial charge in [-0.05, 0) is 42.5 Å². The third kappa shape index (κ3) is 3.16. The minimum atomic E-state index is 0.00813. The molecule has 0 atom stereocenters. The van der Waals surface area contributed by atoms with Crippen molar-refractivity contribution in [3.05, 3.63) is 53.1 Å². The van der Waals surface area contributed by atoms with Crippen molar-refractivity contribution in [1.82, 2.24) is 9.55 Å². The van der Waals surface area contributed by atoms with Crippen molar-refractivity contribution in [3.8, 4) is 17.0 Å². The molecule has 0 saturated heterocycles. The number of hydrogen-bond acceptors (Lipinski definition) is 4. The quantitative estimate of drug-likeness (QED) is 0.648. The maximum absolute atomic E-state index is 12.5. The molecule has 4 rings (SSSR count). The first kappa shape index (κ1) is 16.2. The Kier molecular flexibility index (Phi) is 4.25. The molecule has 1 aromatic carbocycles. The topological polar surface area (TPSA) is 44.1 Å². The molecular formula is C20H20N2O2S. The molecule has 1 fully saturated rings. The van der Waals surface area contributed by atoms with Crippen molar-refractivity contribution in [3.63, 3.8) is 0 Å². The van der Waals surface area contributed by atoms with Gasteiger partial charge in [0.25, 0.3) is 5.56 Å². The summed E-state index contributed by atoms with van der Waals surface area (Å²) in [4.78, 5) is 18.1. The Morgan fingerprint density at radius 3 is 2.72 bits per heavy atom. The van der Waals surface area contributed by atoms with Crippen LogP contribution in [0.4, 0.5) is 0 Å². The molecule has 1 saturated carbocycles. The van der Waals surface area contributed by atoms with Crippen LogP contribution >= 0.6 is 11.8 Å². The molecule has 2 aromatic heterocycles. The molecule has 0 spiro atoms. The predicted octanol–water partition coefficient (Wildman–Crippen LogP) is 4.11. The van der Waals surface area contributed by atoms with Crippen LogP contribution in [0, 0.1) is 5.92 Å². The van der Waals surface area contributed by atoms with E-state index in [1.807, 2.05) is 42.9 Å². The zero-order chi connectivity index (χ0) is 17.4. The maximum Gasteiger partial charge on any atom is 0.258 e. The third-order valence-electron chi connectivity index (χ3n) is 4.60. The molecule has 5 heteroatoms. The largest absolute Gasteiger partial charge is 0.477 e. The molecule has 4 nitrogen and oxygen atoms in total. The predicted molar refractivity (Wildman–Crippen MR) is 102 cm³/mol. The Balaban J connectivity index is 1.92. The number of thioether (sulfide) groups is 1. The Labute approximate surface area is 150 Å². The summed E-state index contributed by atoms with van der Waals surface area (Å²) >= 11 is 1.65. The van der Waals surface area contributed by atoms with Crippen LogP contribution in [0.15, 0.2) is 52.4 Å². The molecule has 0 amide bonds. The van der Waals surface area contributed by atoms with Gasteiger partial charge in [-0.1, -0.05) is 18.2 Å². The summed E-state index contributed by atoms with van der Waals surface area (Å²) in [6.07, 6.45) is 8.24. The Hall–Kier alpha value is -2.27. The second kappa shape index (κ2) is 6.56. The van der Waals surface area contributed by atoms with E-state index in [1.165, 1.54) is 12.8 Å². The van der Waals surface area contributed by atoms with Gasteiger partial charge in [0.1, 0.15) is 0 Å². The lowest BCUT2D eigenvalue weighted by Gasteiger charge is -2.14. The highest BCUT2D eigenvalue weighted by Gasteiger charge is 2.23. The first-order valence-corrected chi connectivity index (χ1v) is 9.65. The summed E-state index contributed by atoms with van der Waals surface area (Å²) in [5.74, 6) is 1.31. The zero-order valence-corrected chi connectivity index (χ0v) is 15.2. The number of rotatable bonds is 5. The fraction of sp³-hybridized carbons (Fsp3) is 0.300. The van der Waals surface area contributed by atoms with Gasteiger partial charge in [0.15, 0.2) is 0 Å². The van der Waals surface area contributed by atoms with E-state index in [1.54, 1.807) is 23.4 Å². The van der Waals surface area contributed by atoms with E-state index >= 15 is 0 Å². The second-order valence-electron chi connectivity index (χ2n) is 6.49.